The summed E-state index contributed by atoms with van der Waals surface area (Å²) in [6.45, 7) is 9.92. The highest BCUT2D eigenvalue weighted by molar-refractivity contribution is 5.22. The number of nitrogens with one attached hydrogen (secondary N) is 1. The number of hydrogen-bond donors (Lipinski definition) is 1. The number of nitrogens with zero attached hydrogens (tertiary/aromatic N) is 1. The van der Waals surface area contributed by atoms with E-state index < -0.39 is 0 Å². The molecule has 1 unspecified atom stereocenters. The zero-order valence-electron chi connectivity index (χ0n) is 13.8. The minimum Gasteiger partial charge on any atom is -0.380 e. The Bertz CT molecular complexity index is 413. The van der Waals surface area contributed by atoms with Gasteiger partial charge in [0, 0.05) is 26.2 Å². The largest absolute Gasteiger partial charge is 0.380 e. The third-order valence-corrected chi connectivity index (χ3v) is 4.36. The average molecular weight is 290 g/mol. The molecule has 1 fully saturated rings. The first-order valence-corrected chi connectivity index (χ1v) is 8.22. The van der Waals surface area contributed by atoms with Gasteiger partial charge in [-0.05, 0) is 43.0 Å². The Hall–Kier alpha value is -0.900. The van der Waals surface area contributed by atoms with Crippen LogP contribution in [0.25, 0.3) is 0 Å². The molecule has 1 aliphatic heterocycles. The van der Waals surface area contributed by atoms with E-state index in [2.05, 4.69) is 48.3 Å². The number of ether oxygens (including phenoxy) is 1. The standard InChI is InChI=1S/C18H30N2O/c1-15(2)18(20-9-4-5-10-20)13-19-12-16-7-6-8-17(11-16)14-21-3/h6-8,11,15,18-19H,4-5,9-10,12-14H2,1-3H3. The predicted octanol–water partition coefficient (Wildman–Crippen LogP) is 3.04. The lowest BCUT2D eigenvalue weighted by Crippen LogP contribution is -2.44. The molecule has 3 heteroatoms. The predicted molar refractivity (Wildman–Crippen MR) is 88.3 cm³/mol. The third-order valence-electron chi connectivity index (χ3n) is 4.36. The Labute approximate surface area is 129 Å². The molecule has 1 saturated heterocycles. The fourth-order valence-electron chi connectivity index (χ4n) is 3.22. The van der Waals surface area contributed by atoms with Crippen LogP contribution >= 0.6 is 0 Å². The van der Waals surface area contributed by atoms with Gasteiger partial charge in [-0.1, -0.05) is 38.1 Å². The smallest absolute Gasteiger partial charge is 0.0713 e. The maximum absolute atomic E-state index is 5.20. The van der Waals surface area contributed by atoms with Crippen molar-refractivity contribution in [2.24, 2.45) is 5.92 Å². The number of methoxy groups -OCH3 is 1. The Morgan fingerprint density at radius 1 is 1.19 bits per heavy atom. The van der Waals surface area contributed by atoms with E-state index in [-0.39, 0.29) is 0 Å². The zero-order chi connectivity index (χ0) is 15.1. The van der Waals surface area contributed by atoms with Crippen molar-refractivity contribution in [3.8, 4) is 0 Å². The van der Waals surface area contributed by atoms with Gasteiger partial charge in [-0.2, -0.15) is 0 Å². The summed E-state index contributed by atoms with van der Waals surface area (Å²) in [6.07, 6.45) is 2.73. The van der Waals surface area contributed by atoms with E-state index in [1.54, 1.807) is 7.11 Å². The first-order valence-electron chi connectivity index (χ1n) is 8.22. The lowest BCUT2D eigenvalue weighted by Gasteiger charge is -2.31. The molecular weight excluding hydrogens is 260 g/mol. The molecule has 1 heterocycles. The van der Waals surface area contributed by atoms with Crippen molar-refractivity contribution < 1.29 is 4.74 Å². The van der Waals surface area contributed by atoms with Crippen molar-refractivity contribution in [2.45, 2.75) is 45.9 Å². The summed E-state index contributed by atoms with van der Waals surface area (Å²) >= 11 is 0. The van der Waals surface area contributed by atoms with Gasteiger partial charge >= 0.3 is 0 Å². The number of likely N-dealkylation sites (tertiary alicyclic amines) is 1. The van der Waals surface area contributed by atoms with Crippen molar-refractivity contribution in [1.82, 2.24) is 10.2 Å². The van der Waals surface area contributed by atoms with Crippen molar-refractivity contribution in [3.63, 3.8) is 0 Å². The van der Waals surface area contributed by atoms with Crippen LogP contribution in [0, 0.1) is 5.92 Å². The zero-order valence-corrected chi connectivity index (χ0v) is 13.8. The van der Waals surface area contributed by atoms with Crippen LogP contribution in [0.5, 0.6) is 0 Å². The summed E-state index contributed by atoms with van der Waals surface area (Å²) in [7, 11) is 1.74. The van der Waals surface area contributed by atoms with Crippen molar-refractivity contribution in [3.05, 3.63) is 35.4 Å². The van der Waals surface area contributed by atoms with Gasteiger partial charge in [-0.25, -0.2) is 0 Å². The normalized spacial score (nSPS) is 17.5. The van der Waals surface area contributed by atoms with Gasteiger partial charge in [0.05, 0.1) is 6.61 Å². The maximum atomic E-state index is 5.20. The molecule has 0 aliphatic carbocycles. The van der Waals surface area contributed by atoms with Gasteiger partial charge in [0.15, 0.2) is 0 Å². The molecular formula is C18H30N2O. The number of benzene rings is 1. The van der Waals surface area contributed by atoms with Crippen molar-refractivity contribution in [2.75, 3.05) is 26.7 Å². The fourth-order valence-corrected chi connectivity index (χ4v) is 3.22. The highest BCUT2D eigenvalue weighted by Crippen LogP contribution is 2.17. The Morgan fingerprint density at radius 3 is 2.57 bits per heavy atom. The monoisotopic (exact) mass is 290 g/mol. The minimum absolute atomic E-state index is 0.662. The quantitative estimate of drug-likeness (QED) is 0.796. The van der Waals surface area contributed by atoms with E-state index in [0.717, 1.165) is 13.1 Å². The third kappa shape index (κ3) is 5.10. The molecule has 0 aromatic heterocycles. The van der Waals surface area contributed by atoms with Crippen LogP contribution in [0.3, 0.4) is 0 Å². The van der Waals surface area contributed by atoms with Crippen LogP contribution in [-0.2, 0) is 17.9 Å². The Kier molecular flexibility index (Phi) is 6.68. The van der Waals surface area contributed by atoms with Gasteiger partial charge in [-0.15, -0.1) is 0 Å². The molecule has 0 amide bonds. The highest BCUT2D eigenvalue weighted by Gasteiger charge is 2.23. The van der Waals surface area contributed by atoms with Gasteiger partial charge in [0.1, 0.15) is 0 Å². The lowest BCUT2D eigenvalue weighted by atomic mass is 10.0. The van der Waals surface area contributed by atoms with Crippen LogP contribution in [-0.4, -0.2) is 37.7 Å². The van der Waals surface area contributed by atoms with Crippen molar-refractivity contribution in [1.29, 1.82) is 0 Å². The summed E-state index contributed by atoms with van der Waals surface area (Å²) in [5.41, 5.74) is 2.59. The molecule has 0 spiro atoms. The molecule has 0 saturated carbocycles. The van der Waals surface area contributed by atoms with Gasteiger partial charge in [0.2, 0.25) is 0 Å². The van der Waals surface area contributed by atoms with Crippen LogP contribution in [0.4, 0.5) is 0 Å². The van der Waals surface area contributed by atoms with E-state index >= 15 is 0 Å². The topological polar surface area (TPSA) is 24.5 Å². The van der Waals surface area contributed by atoms with Gasteiger partial charge in [0.25, 0.3) is 0 Å². The number of hydrogen-bond acceptors (Lipinski definition) is 3. The Balaban J connectivity index is 1.82. The maximum Gasteiger partial charge on any atom is 0.0713 e. The second-order valence-electron chi connectivity index (χ2n) is 6.44. The Morgan fingerprint density at radius 2 is 1.90 bits per heavy atom. The summed E-state index contributed by atoms with van der Waals surface area (Å²) in [6, 6.07) is 9.32. The highest BCUT2D eigenvalue weighted by atomic mass is 16.5. The summed E-state index contributed by atoms with van der Waals surface area (Å²) < 4.78 is 5.20. The molecule has 0 radical (unpaired) electrons. The van der Waals surface area contributed by atoms with Crippen molar-refractivity contribution >= 4 is 0 Å². The molecule has 1 atom stereocenters. The SMILES string of the molecule is COCc1cccc(CNCC(C(C)C)N2CCCC2)c1. The second kappa shape index (κ2) is 8.52. The first kappa shape index (κ1) is 16.5. The van der Waals surface area contributed by atoms with Gasteiger partial charge < -0.3 is 10.1 Å². The lowest BCUT2D eigenvalue weighted by molar-refractivity contribution is 0.184. The molecule has 1 aliphatic rings. The molecule has 3 nitrogen and oxygen atoms in total. The molecule has 1 N–H and O–H groups in total. The van der Waals surface area contributed by atoms with Crippen LogP contribution in [0.15, 0.2) is 24.3 Å². The molecule has 0 bridgehead atoms. The summed E-state index contributed by atoms with van der Waals surface area (Å²) in [4.78, 5) is 2.65. The second-order valence-corrected chi connectivity index (χ2v) is 6.44. The first-order chi connectivity index (χ1) is 10.2. The van der Waals surface area contributed by atoms with E-state index in [1.165, 1.54) is 37.1 Å². The number of rotatable bonds is 8. The van der Waals surface area contributed by atoms with E-state index in [9.17, 15) is 0 Å². The van der Waals surface area contributed by atoms with Crippen LogP contribution in [0.1, 0.15) is 37.8 Å². The summed E-state index contributed by atoms with van der Waals surface area (Å²) in [5.74, 6) is 0.704. The van der Waals surface area contributed by atoms with Crippen LogP contribution in [0.2, 0.25) is 0 Å². The van der Waals surface area contributed by atoms with Crippen LogP contribution < -0.4 is 5.32 Å². The molecule has 1 aromatic carbocycles. The fraction of sp³-hybridized carbons (Fsp3) is 0.667. The summed E-state index contributed by atoms with van der Waals surface area (Å²) in [5, 5.41) is 3.65. The van der Waals surface area contributed by atoms with Gasteiger partial charge in [-0.3, -0.25) is 4.90 Å². The van der Waals surface area contributed by atoms with E-state index in [0.29, 0.717) is 18.6 Å². The average Bonchev–Trinajstić information content (AvgIpc) is 2.98. The molecule has 1 aromatic rings. The van der Waals surface area contributed by atoms with E-state index in [4.69, 9.17) is 4.74 Å². The van der Waals surface area contributed by atoms with E-state index in [1.807, 2.05) is 0 Å². The minimum atomic E-state index is 0.662. The molecule has 21 heavy (non-hydrogen) atoms. The molecule has 2 rings (SSSR count). The molecule has 118 valence electrons.